The molecule has 0 saturated heterocycles. The van der Waals surface area contributed by atoms with Crippen LogP contribution in [0.25, 0.3) is 0 Å². The molecule has 1 rings (SSSR count). The van der Waals surface area contributed by atoms with Crippen molar-refractivity contribution in [2.45, 2.75) is 45.6 Å². The fourth-order valence-corrected chi connectivity index (χ4v) is 1.70. The lowest BCUT2D eigenvalue weighted by Crippen LogP contribution is -2.50. The summed E-state index contributed by atoms with van der Waals surface area (Å²) in [6.45, 7) is 9.32. The largest absolute Gasteiger partial charge is 0.480 e. The number of benzene rings is 1. The van der Waals surface area contributed by atoms with Crippen molar-refractivity contribution in [1.82, 2.24) is 4.90 Å². The first-order valence-corrected chi connectivity index (χ1v) is 6.60. The van der Waals surface area contributed by atoms with E-state index in [-0.39, 0.29) is 11.3 Å². The van der Waals surface area contributed by atoms with Gasteiger partial charge in [0.2, 0.25) is 0 Å². The second-order valence-electron chi connectivity index (χ2n) is 6.56. The van der Waals surface area contributed by atoms with Gasteiger partial charge in [0.05, 0.1) is 0 Å². The Morgan fingerprint density at radius 3 is 1.80 bits per heavy atom. The van der Waals surface area contributed by atoms with Gasteiger partial charge in [0.25, 0.3) is 5.91 Å². The van der Waals surface area contributed by atoms with E-state index in [0.717, 1.165) is 5.56 Å². The van der Waals surface area contributed by atoms with Crippen LogP contribution in [0.15, 0.2) is 24.3 Å². The molecule has 0 saturated carbocycles. The highest BCUT2D eigenvalue weighted by atomic mass is 16.4. The third-order valence-corrected chi connectivity index (χ3v) is 3.66. The second kappa shape index (κ2) is 5.27. The minimum atomic E-state index is -1.24. The molecule has 4 heteroatoms. The zero-order valence-corrected chi connectivity index (χ0v) is 13.0. The summed E-state index contributed by atoms with van der Waals surface area (Å²) in [6.07, 6.45) is 0. The highest BCUT2D eigenvalue weighted by molar-refractivity contribution is 5.97. The molecule has 4 nitrogen and oxygen atoms in total. The van der Waals surface area contributed by atoms with Crippen molar-refractivity contribution in [3.8, 4) is 0 Å². The Balaban J connectivity index is 3.02. The Bertz CT molecular complexity index is 510. The van der Waals surface area contributed by atoms with Gasteiger partial charge in [0.1, 0.15) is 5.54 Å². The molecular weight excluding hydrogens is 254 g/mol. The molecule has 0 heterocycles. The van der Waals surface area contributed by atoms with Crippen molar-refractivity contribution in [3.05, 3.63) is 35.4 Å². The number of rotatable bonds is 3. The zero-order valence-electron chi connectivity index (χ0n) is 13.0. The first kappa shape index (κ1) is 16.2. The number of carbonyl (C=O) groups excluding carboxylic acids is 1. The van der Waals surface area contributed by atoms with Gasteiger partial charge < -0.3 is 10.0 Å². The van der Waals surface area contributed by atoms with Crippen LogP contribution in [0, 0.1) is 0 Å². The van der Waals surface area contributed by atoms with E-state index in [1.54, 1.807) is 12.1 Å². The Labute approximate surface area is 120 Å². The molecule has 1 N–H and O–H groups in total. The normalized spacial score (nSPS) is 12.1. The van der Waals surface area contributed by atoms with E-state index in [0.29, 0.717) is 5.56 Å². The van der Waals surface area contributed by atoms with Crippen LogP contribution in [0.3, 0.4) is 0 Å². The summed E-state index contributed by atoms with van der Waals surface area (Å²) >= 11 is 0. The van der Waals surface area contributed by atoms with Gasteiger partial charge in [-0.2, -0.15) is 0 Å². The molecule has 0 aliphatic rings. The van der Waals surface area contributed by atoms with E-state index in [2.05, 4.69) is 20.8 Å². The maximum Gasteiger partial charge on any atom is 0.329 e. The number of nitrogens with zero attached hydrogens (tertiary/aromatic N) is 1. The van der Waals surface area contributed by atoms with Crippen LogP contribution in [0.2, 0.25) is 0 Å². The molecule has 110 valence electrons. The molecule has 0 unspecified atom stereocenters. The fourth-order valence-electron chi connectivity index (χ4n) is 1.70. The van der Waals surface area contributed by atoms with E-state index in [1.807, 2.05) is 12.1 Å². The molecular formula is C16H23NO3. The fraction of sp³-hybridized carbons (Fsp3) is 0.500. The van der Waals surface area contributed by atoms with E-state index in [4.69, 9.17) is 5.11 Å². The summed E-state index contributed by atoms with van der Waals surface area (Å²) in [5.41, 5.74) is 0.414. The van der Waals surface area contributed by atoms with E-state index < -0.39 is 11.5 Å². The molecule has 20 heavy (non-hydrogen) atoms. The third kappa shape index (κ3) is 3.18. The van der Waals surface area contributed by atoms with E-state index in [9.17, 15) is 9.59 Å². The number of carboxylic acid groups (broad SMARTS) is 1. The standard InChI is InChI=1S/C16H23NO3/c1-15(2,3)12-9-7-11(8-10-12)13(18)17(6)16(4,5)14(19)20/h7-10H,1-6H3,(H,19,20). The first-order chi connectivity index (χ1) is 8.98. The smallest absolute Gasteiger partial charge is 0.329 e. The van der Waals surface area contributed by atoms with Crippen LogP contribution in [0.4, 0.5) is 0 Å². The number of amides is 1. The van der Waals surface area contributed by atoms with E-state index in [1.165, 1.54) is 25.8 Å². The van der Waals surface area contributed by atoms with Gasteiger partial charge >= 0.3 is 5.97 Å². The molecule has 0 fully saturated rings. The monoisotopic (exact) mass is 277 g/mol. The number of likely N-dealkylation sites (N-methyl/N-ethyl adjacent to an activating group) is 1. The Hall–Kier alpha value is -1.84. The molecule has 1 amide bonds. The van der Waals surface area contributed by atoms with Crippen LogP contribution < -0.4 is 0 Å². The van der Waals surface area contributed by atoms with Crippen LogP contribution in [0.5, 0.6) is 0 Å². The van der Waals surface area contributed by atoms with Gasteiger partial charge in [-0.25, -0.2) is 4.79 Å². The van der Waals surface area contributed by atoms with Gasteiger partial charge in [-0.05, 0) is 37.0 Å². The molecule has 1 aromatic rings. The lowest BCUT2D eigenvalue weighted by molar-refractivity contribution is -0.147. The predicted octanol–water partition coefficient (Wildman–Crippen LogP) is 2.92. The van der Waals surface area contributed by atoms with Crippen molar-refractivity contribution in [2.75, 3.05) is 7.05 Å². The number of aliphatic carboxylic acids is 1. The zero-order chi connectivity index (χ0) is 15.7. The van der Waals surface area contributed by atoms with Crippen LogP contribution in [-0.4, -0.2) is 34.5 Å². The quantitative estimate of drug-likeness (QED) is 0.924. The van der Waals surface area contributed by atoms with E-state index >= 15 is 0 Å². The van der Waals surface area contributed by atoms with Crippen LogP contribution in [-0.2, 0) is 10.2 Å². The topological polar surface area (TPSA) is 57.6 Å². The Morgan fingerprint density at radius 2 is 1.45 bits per heavy atom. The minimum absolute atomic E-state index is 0.0216. The van der Waals surface area contributed by atoms with Crippen molar-refractivity contribution >= 4 is 11.9 Å². The molecule has 0 aromatic heterocycles. The predicted molar refractivity (Wildman–Crippen MR) is 79.0 cm³/mol. The Kier molecular flexibility index (Phi) is 4.27. The second-order valence-corrected chi connectivity index (χ2v) is 6.56. The summed E-state index contributed by atoms with van der Waals surface area (Å²) in [5.74, 6) is -1.32. The van der Waals surface area contributed by atoms with Gasteiger partial charge in [0, 0.05) is 12.6 Å². The van der Waals surface area contributed by atoms with Crippen molar-refractivity contribution in [1.29, 1.82) is 0 Å². The molecule has 0 spiro atoms. The molecule has 0 aliphatic heterocycles. The van der Waals surface area contributed by atoms with Gasteiger partial charge in [-0.1, -0.05) is 32.9 Å². The molecule has 1 aromatic carbocycles. The first-order valence-electron chi connectivity index (χ1n) is 6.60. The highest BCUT2D eigenvalue weighted by Crippen LogP contribution is 2.23. The number of hydrogen-bond donors (Lipinski definition) is 1. The van der Waals surface area contributed by atoms with Gasteiger partial charge in [-0.15, -0.1) is 0 Å². The average molecular weight is 277 g/mol. The van der Waals surface area contributed by atoms with Crippen molar-refractivity contribution < 1.29 is 14.7 Å². The molecule has 0 atom stereocenters. The van der Waals surface area contributed by atoms with Crippen molar-refractivity contribution in [3.63, 3.8) is 0 Å². The average Bonchev–Trinajstić information content (AvgIpc) is 2.35. The lowest BCUT2D eigenvalue weighted by Gasteiger charge is -2.31. The summed E-state index contributed by atoms with van der Waals surface area (Å²) < 4.78 is 0. The maximum atomic E-state index is 12.3. The minimum Gasteiger partial charge on any atom is -0.480 e. The molecule has 0 bridgehead atoms. The Morgan fingerprint density at radius 1 is 1.00 bits per heavy atom. The lowest BCUT2D eigenvalue weighted by atomic mass is 9.86. The van der Waals surface area contributed by atoms with Gasteiger partial charge in [0.15, 0.2) is 0 Å². The summed E-state index contributed by atoms with van der Waals surface area (Å²) in [7, 11) is 1.51. The SMILES string of the molecule is CN(C(=O)c1ccc(C(C)(C)C)cc1)C(C)(C)C(=O)O. The maximum absolute atomic E-state index is 12.3. The third-order valence-electron chi connectivity index (χ3n) is 3.66. The molecule has 0 aliphatic carbocycles. The summed E-state index contributed by atoms with van der Waals surface area (Å²) in [5, 5.41) is 9.16. The molecule has 0 radical (unpaired) electrons. The number of hydrogen-bond acceptors (Lipinski definition) is 2. The number of carboxylic acids is 1. The van der Waals surface area contributed by atoms with Crippen LogP contribution >= 0.6 is 0 Å². The summed E-state index contributed by atoms with van der Waals surface area (Å²) in [4.78, 5) is 24.8. The number of carbonyl (C=O) groups is 2. The van der Waals surface area contributed by atoms with Gasteiger partial charge in [-0.3, -0.25) is 4.79 Å². The summed E-state index contributed by atoms with van der Waals surface area (Å²) in [6, 6.07) is 7.32. The van der Waals surface area contributed by atoms with Crippen LogP contribution in [0.1, 0.15) is 50.5 Å². The highest BCUT2D eigenvalue weighted by Gasteiger charge is 2.35. The van der Waals surface area contributed by atoms with Crippen molar-refractivity contribution in [2.24, 2.45) is 0 Å².